The minimum atomic E-state index is -1.07. The van der Waals surface area contributed by atoms with Crippen LogP contribution in [0.2, 0.25) is 0 Å². The van der Waals surface area contributed by atoms with Crippen molar-refractivity contribution in [2.24, 2.45) is 0 Å². The lowest BCUT2D eigenvalue weighted by Gasteiger charge is -2.20. The van der Waals surface area contributed by atoms with Crippen LogP contribution in [0.25, 0.3) is 11.0 Å². The van der Waals surface area contributed by atoms with Gasteiger partial charge in [0.15, 0.2) is 6.10 Å². The van der Waals surface area contributed by atoms with E-state index in [4.69, 9.17) is 9.15 Å². The van der Waals surface area contributed by atoms with Crippen LogP contribution >= 0.6 is 0 Å². The highest BCUT2D eigenvalue weighted by Gasteiger charge is 2.24. The quantitative estimate of drug-likeness (QED) is 0.672. The largest absolute Gasteiger partial charge is 0.480 e. The van der Waals surface area contributed by atoms with Crippen molar-refractivity contribution >= 4 is 22.8 Å². The van der Waals surface area contributed by atoms with Crippen molar-refractivity contribution in [1.82, 2.24) is 5.32 Å². The van der Waals surface area contributed by atoms with Crippen molar-refractivity contribution in [2.45, 2.75) is 66.0 Å². The zero-order valence-electron chi connectivity index (χ0n) is 16.9. The SMILES string of the molecule is CCCC[C@@H](NC(=O)[C@H](C)Oc1ccc2c(C)c(C)c(=O)oc2c1C)C(=O)O. The number of unbranched alkanes of at least 4 members (excludes halogenated alkanes) is 1. The predicted molar refractivity (Wildman–Crippen MR) is 106 cm³/mol. The van der Waals surface area contributed by atoms with Gasteiger partial charge in [0.2, 0.25) is 0 Å². The molecule has 0 saturated heterocycles. The van der Waals surface area contributed by atoms with E-state index in [2.05, 4.69) is 5.32 Å². The van der Waals surface area contributed by atoms with Crippen LogP contribution in [0.15, 0.2) is 21.3 Å². The molecule has 0 aliphatic rings. The summed E-state index contributed by atoms with van der Waals surface area (Å²) in [7, 11) is 0. The molecular weight excluding hydrogens is 362 g/mol. The molecule has 0 saturated carbocycles. The van der Waals surface area contributed by atoms with Crippen molar-refractivity contribution < 1.29 is 23.8 Å². The molecule has 0 spiro atoms. The van der Waals surface area contributed by atoms with Gasteiger partial charge in [-0.05, 0) is 51.8 Å². The van der Waals surface area contributed by atoms with E-state index in [9.17, 15) is 19.5 Å². The van der Waals surface area contributed by atoms with Gasteiger partial charge in [-0.15, -0.1) is 0 Å². The molecule has 2 N–H and O–H groups in total. The zero-order valence-corrected chi connectivity index (χ0v) is 16.9. The highest BCUT2D eigenvalue weighted by Crippen LogP contribution is 2.29. The monoisotopic (exact) mass is 389 g/mol. The molecule has 2 atom stereocenters. The van der Waals surface area contributed by atoms with Crippen LogP contribution < -0.4 is 15.7 Å². The molecule has 152 valence electrons. The van der Waals surface area contributed by atoms with Gasteiger partial charge in [0.25, 0.3) is 5.91 Å². The summed E-state index contributed by atoms with van der Waals surface area (Å²) in [5.41, 5.74) is 2.02. The Hall–Kier alpha value is -2.83. The van der Waals surface area contributed by atoms with Gasteiger partial charge in [-0.2, -0.15) is 0 Å². The molecule has 0 fully saturated rings. The Morgan fingerprint density at radius 2 is 1.86 bits per heavy atom. The van der Waals surface area contributed by atoms with Crippen molar-refractivity contribution in [3.63, 3.8) is 0 Å². The highest BCUT2D eigenvalue weighted by atomic mass is 16.5. The molecule has 0 aliphatic carbocycles. The van der Waals surface area contributed by atoms with E-state index in [-0.39, 0.29) is 0 Å². The second-order valence-electron chi connectivity index (χ2n) is 7.01. The molecule has 2 rings (SSSR count). The van der Waals surface area contributed by atoms with Crippen LogP contribution in [-0.2, 0) is 9.59 Å². The molecule has 7 heteroatoms. The maximum atomic E-state index is 12.4. The number of rotatable bonds is 8. The number of carboxylic acid groups (broad SMARTS) is 1. The minimum absolute atomic E-state index is 0.364. The number of nitrogens with one attached hydrogen (secondary N) is 1. The number of fused-ring (bicyclic) bond motifs is 1. The van der Waals surface area contributed by atoms with Crippen LogP contribution in [0, 0.1) is 20.8 Å². The Kier molecular flexibility index (Phi) is 6.83. The van der Waals surface area contributed by atoms with E-state index in [1.54, 1.807) is 32.9 Å². The number of carboxylic acids is 1. The first-order chi connectivity index (χ1) is 13.2. The van der Waals surface area contributed by atoms with Crippen LogP contribution in [0.3, 0.4) is 0 Å². The van der Waals surface area contributed by atoms with Crippen molar-refractivity contribution in [2.75, 3.05) is 0 Å². The van der Waals surface area contributed by atoms with Crippen LogP contribution in [0.5, 0.6) is 5.75 Å². The number of amides is 1. The lowest BCUT2D eigenvalue weighted by atomic mass is 10.0. The third-order valence-corrected chi connectivity index (χ3v) is 4.96. The molecule has 28 heavy (non-hydrogen) atoms. The number of aliphatic carboxylic acids is 1. The van der Waals surface area contributed by atoms with E-state index in [1.807, 2.05) is 13.8 Å². The van der Waals surface area contributed by atoms with E-state index in [1.165, 1.54) is 0 Å². The number of hydrogen-bond donors (Lipinski definition) is 2. The Morgan fingerprint density at radius 3 is 2.46 bits per heavy atom. The number of benzene rings is 1. The fraction of sp³-hybridized carbons (Fsp3) is 0.476. The number of aryl methyl sites for hydroxylation is 2. The summed E-state index contributed by atoms with van der Waals surface area (Å²) in [6, 6.07) is 2.56. The highest BCUT2D eigenvalue weighted by molar-refractivity contribution is 5.87. The van der Waals surface area contributed by atoms with E-state index < -0.39 is 29.6 Å². The molecule has 0 radical (unpaired) electrons. The number of carbonyl (C=O) groups is 2. The van der Waals surface area contributed by atoms with Gasteiger partial charge >= 0.3 is 11.6 Å². The average Bonchev–Trinajstić information content (AvgIpc) is 2.65. The predicted octanol–water partition coefficient (Wildman–Crippen LogP) is 3.25. The summed E-state index contributed by atoms with van der Waals surface area (Å²) in [6.45, 7) is 8.82. The lowest BCUT2D eigenvalue weighted by Crippen LogP contribution is -2.46. The standard InChI is InChI=1S/C21H27NO6/c1-6-7-8-16(20(24)25)22-19(23)14(5)27-17-10-9-15-11(2)12(3)21(26)28-18(15)13(17)4/h9-10,14,16H,6-8H2,1-5H3,(H,22,23)(H,24,25)/t14-,16+/m0/s1. The maximum Gasteiger partial charge on any atom is 0.339 e. The van der Waals surface area contributed by atoms with Crippen LogP contribution in [0.1, 0.15) is 49.8 Å². The smallest absolute Gasteiger partial charge is 0.339 e. The first-order valence-corrected chi connectivity index (χ1v) is 9.40. The van der Waals surface area contributed by atoms with Gasteiger partial charge in [-0.1, -0.05) is 19.8 Å². The first-order valence-electron chi connectivity index (χ1n) is 9.40. The molecule has 7 nitrogen and oxygen atoms in total. The first kappa shape index (κ1) is 21.5. The minimum Gasteiger partial charge on any atom is -0.480 e. The third-order valence-electron chi connectivity index (χ3n) is 4.96. The summed E-state index contributed by atoms with van der Waals surface area (Å²) in [6.07, 6.45) is 1.00. The van der Waals surface area contributed by atoms with Crippen LogP contribution in [0.4, 0.5) is 0 Å². The fourth-order valence-corrected chi connectivity index (χ4v) is 2.95. The normalized spacial score (nSPS) is 13.2. The van der Waals surface area contributed by atoms with Gasteiger partial charge in [0, 0.05) is 16.5 Å². The Labute approximate surface area is 163 Å². The molecule has 1 heterocycles. The van der Waals surface area contributed by atoms with Crippen molar-refractivity contribution in [3.05, 3.63) is 39.2 Å². The Morgan fingerprint density at radius 1 is 1.18 bits per heavy atom. The average molecular weight is 389 g/mol. The van der Waals surface area contributed by atoms with Crippen molar-refractivity contribution in [1.29, 1.82) is 0 Å². The van der Waals surface area contributed by atoms with E-state index in [0.29, 0.717) is 35.3 Å². The lowest BCUT2D eigenvalue weighted by molar-refractivity contribution is -0.143. The number of carbonyl (C=O) groups excluding carboxylic acids is 1. The topological polar surface area (TPSA) is 106 Å². The summed E-state index contributed by atoms with van der Waals surface area (Å²) >= 11 is 0. The fourth-order valence-electron chi connectivity index (χ4n) is 2.95. The number of hydrogen-bond acceptors (Lipinski definition) is 5. The number of ether oxygens (including phenoxy) is 1. The summed E-state index contributed by atoms with van der Waals surface area (Å²) in [4.78, 5) is 35.7. The third kappa shape index (κ3) is 4.52. The van der Waals surface area contributed by atoms with Gasteiger partial charge in [-0.25, -0.2) is 9.59 Å². The van der Waals surface area contributed by atoms with Gasteiger partial charge in [0.1, 0.15) is 17.4 Å². The molecule has 1 aromatic heterocycles. The van der Waals surface area contributed by atoms with Gasteiger partial charge in [0.05, 0.1) is 0 Å². The van der Waals surface area contributed by atoms with E-state index in [0.717, 1.165) is 17.4 Å². The Bertz CT molecular complexity index is 946. The second kappa shape index (κ2) is 8.91. The molecule has 0 bridgehead atoms. The van der Waals surface area contributed by atoms with Gasteiger partial charge < -0.3 is 19.6 Å². The molecule has 0 unspecified atom stereocenters. The van der Waals surface area contributed by atoms with Crippen LogP contribution in [-0.4, -0.2) is 29.1 Å². The zero-order chi connectivity index (χ0) is 21.0. The summed E-state index contributed by atoms with van der Waals surface area (Å²) in [5.74, 6) is -1.17. The molecule has 1 aromatic carbocycles. The maximum absolute atomic E-state index is 12.4. The van der Waals surface area contributed by atoms with Gasteiger partial charge in [-0.3, -0.25) is 4.79 Å². The van der Waals surface area contributed by atoms with Crippen molar-refractivity contribution in [3.8, 4) is 5.75 Å². The Balaban J connectivity index is 2.22. The molecule has 1 amide bonds. The molecular formula is C21H27NO6. The summed E-state index contributed by atoms with van der Waals surface area (Å²) in [5, 5.41) is 12.6. The van der Waals surface area contributed by atoms with E-state index >= 15 is 0 Å². The second-order valence-corrected chi connectivity index (χ2v) is 7.01. The summed E-state index contributed by atoms with van der Waals surface area (Å²) < 4.78 is 11.2. The molecule has 2 aromatic rings. The molecule has 0 aliphatic heterocycles.